The number of phenols is 1. The van der Waals surface area contributed by atoms with Gasteiger partial charge in [0.25, 0.3) is 0 Å². The van der Waals surface area contributed by atoms with Gasteiger partial charge in [-0.15, -0.1) is 0 Å². The van der Waals surface area contributed by atoms with E-state index in [0.29, 0.717) is 13.0 Å². The topological polar surface area (TPSA) is 61.4 Å². The van der Waals surface area contributed by atoms with Gasteiger partial charge < -0.3 is 15.7 Å². The molecule has 0 aliphatic carbocycles. The average molecular weight is 473 g/mol. The summed E-state index contributed by atoms with van der Waals surface area (Å²) in [7, 11) is 0. The van der Waals surface area contributed by atoms with Crippen LogP contribution in [-0.4, -0.2) is 24.2 Å². The third-order valence-corrected chi connectivity index (χ3v) is 6.63. The fourth-order valence-electron chi connectivity index (χ4n) is 4.39. The van der Waals surface area contributed by atoms with Crippen molar-refractivity contribution in [2.45, 2.75) is 123 Å². The van der Waals surface area contributed by atoms with Gasteiger partial charge in [0.2, 0.25) is 0 Å². The molecule has 1 rings (SSSR count). The van der Waals surface area contributed by atoms with Crippen molar-refractivity contribution in [3.05, 3.63) is 35.9 Å². The van der Waals surface area contributed by atoms with Gasteiger partial charge >= 0.3 is 6.03 Å². The molecule has 4 nitrogen and oxygen atoms in total. The van der Waals surface area contributed by atoms with Gasteiger partial charge in [0.1, 0.15) is 5.75 Å². The van der Waals surface area contributed by atoms with E-state index in [1.54, 1.807) is 12.1 Å². The van der Waals surface area contributed by atoms with Crippen LogP contribution in [0.5, 0.6) is 5.75 Å². The zero-order valence-electron chi connectivity index (χ0n) is 22.2. The van der Waals surface area contributed by atoms with Crippen molar-refractivity contribution in [2.24, 2.45) is 0 Å². The molecule has 1 aromatic rings. The molecule has 0 saturated heterocycles. The molecular formula is C30H52N2O2. The first-order valence-corrected chi connectivity index (χ1v) is 14.0. The Morgan fingerprint density at radius 2 is 1.24 bits per heavy atom. The number of unbranched alkanes of at least 4 members (excludes halogenated alkanes) is 15. The zero-order chi connectivity index (χ0) is 24.9. The van der Waals surface area contributed by atoms with E-state index in [0.717, 1.165) is 29.7 Å². The van der Waals surface area contributed by atoms with E-state index in [4.69, 9.17) is 0 Å². The highest BCUT2D eigenvalue weighted by molar-refractivity contribution is 5.74. The first-order chi connectivity index (χ1) is 16.5. The summed E-state index contributed by atoms with van der Waals surface area (Å²) >= 11 is 0. The summed E-state index contributed by atoms with van der Waals surface area (Å²) in [4.78, 5) is 12.0. The lowest BCUT2D eigenvalue weighted by Gasteiger charge is -2.11. The molecule has 0 saturated carbocycles. The highest BCUT2D eigenvalue weighted by atomic mass is 16.3. The van der Waals surface area contributed by atoms with Gasteiger partial charge in [-0.1, -0.05) is 116 Å². The van der Waals surface area contributed by atoms with Crippen molar-refractivity contribution in [1.82, 2.24) is 10.6 Å². The van der Waals surface area contributed by atoms with Crippen molar-refractivity contribution >= 4 is 11.6 Å². The fraction of sp³-hybridized carbons (Fsp3) is 0.700. The number of urea groups is 1. The molecule has 0 atom stereocenters. The molecule has 2 amide bonds. The van der Waals surface area contributed by atoms with Gasteiger partial charge in [-0.25, -0.2) is 4.79 Å². The van der Waals surface area contributed by atoms with E-state index in [9.17, 15) is 9.90 Å². The van der Waals surface area contributed by atoms with Crippen LogP contribution in [0.25, 0.3) is 5.57 Å². The number of amides is 2. The number of nitrogens with one attached hydrogen (secondary N) is 2. The maximum atomic E-state index is 12.0. The van der Waals surface area contributed by atoms with Gasteiger partial charge in [0, 0.05) is 13.1 Å². The smallest absolute Gasteiger partial charge is 0.314 e. The number of rotatable bonds is 21. The highest BCUT2D eigenvalue weighted by Crippen LogP contribution is 2.24. The molecule has 0 spiro atoms. The SMILES string of the molecule is C=C(CCNC(=O)NCCCCCCCCCCCCCCCCCC)c1cc(O)ccc1C. The number of hydrogen-bond acceptors (Lipinski definition) is 2. The highest BCUT2D eigenvalue weighted by Gasteiger charge is 2.06. The van der Waals surface area contributed by atoms with E-state index >= 15 is 0 Å². The number of benzene rings is 1. The Kier molecular flexibility index (Phi) is 18.0. The minimum absolute atomic E-state index is 0.110. The normalized spacial score (nSPS) is 10.9. The van der Waals surface area contributed by atoms with Gasteiger partial charge in [0.15, 0.2) is 0 Å². The third kappa shape index (κ3) is 15.8. The Morgan fingerprint density at radius 3 is 1.76 bits per heavy atom. The Balaban J connectivity index is 1.86. The van der Waals surface area contributed by atoms with Gasteiger partial charge in [-0.3, -0.25) is 0 Å². The van der Waals surface area contributed by atoms with Crippen LogP contribution >= 0.6 is 0 Å². The number of carbonyl (C=O) groups excluding carboxylic acids is 1. The average Bonchev–Trinajstić information content (AvgIpc) is 2.82. The van der Waals surface area contributed by atoms with Gasteiger partial charge in [-0.2, -0.15) is 0 Å². The Morgan fingerprint density at radius 1 is 0.765 bits per heavy atom. The summed E-state index contributed by atoms with van der Waals surface area (Å²) in [6, 6.07) is 5.18. The number of hydrogen-bond donors (Lipinski definition) is 3. The zero-order valence-corrected chi connectivity index (χ0v) is 22.2. The minimum Gasteiger partial charge on any atom is -0.508 e. The van der Waals surface area contributed by atoms with E-state index in [1.807, 2.05) is 13.0 Å². The van der Waals surface area contributed by atoms with Crippen LogP contribution in [0.15, 0.2) is 24.8 Å². The largest absolute Gasteiger partial charge is 0.508 e. The standard InChI is InChI=1S/C30H52N2O2/c1-4-5-6-7-8-9-10-11-12-13-14-15-16-17-18-19-23-31-30(34)32-24-22-27(3)29-25-28(33)21-20-26(29)2/h20-21,25,33H,3-19,22-24H2,1-2H3,(H2,31,32,34). The first kappa shape index (κ1) is 30.1. The Labute approximate surface area is 210 Å². The molecule has 3 N–H and O–H groups in total. The second-order valence-electron chi connectivity index (χ2n) is 9.84. The van der Waals surface area contributed by atoms with Crippen molar-refractivity contribution in [3.8, 4) is 5.75 Å². The predicted molar refractivity (Wildman–Crippen MR) is 147 cm³/mol. The van der Waals surface area contributed by atoms with Crippen LogP contribution in [0.4, 0.5) is 4.79 Å². The molecule has 0 fully saturated rings. The van der Waals surface area contributed by atoms with Crippen LogP contribution < -0.4 is 10.6 Å². The monoisotopic (exact) mass is 472 g/mol. The lowest BCUT2D eigenvalue weighted by atomic mass is 9.99. The molecule has 0 bridgehead atoms. The third-order valence-electron chi connectivity index (χ3n) is 6.63. The molecule has 1 aromatic carbocycles. The van der Waals surface area contributed by atoms with Crippen LogP contribution in [0.3, 0.4) is 0 Å². The van der Waals surface area contributed by atoms with Gasteiger partial charge in [0.05, 0.1) is 0 Å². The van der Waals surface area contributed by atoms with E-state index < -0.39 is 0 Å². The quantitative estimate of drug-likeness (QED) is 0.157. The molecule has 194 valence electrons. The summed E-state index contributed by atoms with van der Waals surface area (Å²) in [5.74, 6) is 0.242. The summed E-state index contributed by atoms with van der Waals surface area (Å²) in [5.41, 5.74) is 2.96. The van der Waals surface area contributed by atoms with E-state index in [-0.39, 0.29) is 11.8 Å². The molecule has 0 heterocycles. The van der Waals surface area contributed by atoms with Gasteiger partial charge in [-0.05, 0) is 48.6 Å². The van der Waals surface area contributed by atoms with Crippen molar-refractivity contribution in [1.29, 1.82) is 0 Å². The molecular weight excluding hydrogens is 420 g/mol. The van der Waals surface area contributed by atoms with E-state index in [2.05, 4.69) is 24.1 Å². The molecule has 34 heavy (non-hydrogen) atoms. The van der Waals surface area contributed by atoms with Crippen molar-refractivity contribution in [2.75, 3.05) is 13.1 Å². The second kappa shape index (κ2) is 20.4. The van der Waals surface area contributed by atoms with Crippen LogP contribution in [0, 0.1) is 6.92 Å². The Bertz CT molecular complexity index is 672. The number of aromatic hydroxyl groups is 1. The molecule has 0 unspecified atom stereocenters. The Hall–Kier alpha value is -1.97. The summed E-state index contributed by atoms with van der Waals surface area (Å²) in [6.07, 6.45) is 22.4. The lowest BCUT2D eigenvalue weighted by Crippen LogP contribution is -2.36. The van der Waals surface area contributed by atoms with E-state index in [1.165, 1.54) is 96.3 Å². The van der Waals surface area contributed by atoms with Crippen LogP contribution in [0.2, 0.25) is 0 Å². The number of phenolic OH excluding ortho intramolecular Hbond substituents is 1. The molecule has 4 heteroatoms. The molecule has 0 aliphatic heterocycles. The number of carbonyl (C=O) groups is 1. The van der Waals surface area contributed by atoms with Crippen LogP contribution in [-0.2, 0) is 0 Å². The van der Waals surface area contributed by atoms with Crippen molar-refractivity contribution < 1.29 is 9.90 Å². The summed E-state index contributed by atoms with van der Waals surface area (Å²) in [6.45, 7) is 9.64. The fourth-order valence-corrected chi connectivity index (χ4v) is 4.39. The molecule has 0 radical (unpaired) electrons. The minimum atomic E-state index is -0.110. The maximum Gasteiger partial charge on any atom is 0.314 e. The maximum absolute atomic E-state index is 12.0. The number of aryl methyl sites for hydroxylation is 1. The van der Waals surface area contributed by atoms with Crippen LogP contribution in [0.1, 0.15) is 127 Å². The second-order valence-corrected chi connectivity index (χ2v) is 9.84. The predicted octanol–water partition coefficient (Wildman–Crippen LogP) is 8.66. The summed E-state index contributed by atoms with van der Waals surface area (Å²) in [5, 5.41) is 15.5. The summed E-state index contributed by atoms with van der Waals surface area (Å²) < 4.78 is 0. The molecule has 0 aromatic heterocycles. The van der Waals surface area contributed by atoms with Crippen molar-refractivity contribution in [3.63, 3.8) is 0 Å². The lowest BCUT2D eigenvalue weighted by molar-refractivity contribution is 0.241. The molecule has 0 aliphatic rings. The first-order valence-electron chi connectivity index (χ1n) is 14.0.